The fourth-order valence-corrected chi connectivity index (χ4v) is 1.18. The summed E-state index contributed by atoms with van der Waals surface area (Å²) in [5, 5.41) is 0.711. The van der Waals surface area contributed by atoms with E-state index in [1.54, 1.807) is 6.08 Å². The molecule has 0 spiro atoms. The summed E-state index contributed by atoms with van der Waals surface area (Å²) in [4.78, 5) is 0. The van der Waals surface area contributed by atoms with Crippen molar-refractivity contribution in [1.82, 2.24) is 0 Å². The summed E-state index contributed by atoms with van der Waals surface area (Å²) in [6, 6.07) is 5.68. The maximum Gasteiger partial charge on any atom is 0.0415 e. The monoisotopic (exact) mass is 167 g/mol. The van der Waals surface area contributed by atoms with Crippen molar-refractivity contribution in [3.8, 4) is 0 Å². The molecule has 0 bridgehead atoms. The lowest BCUT2D eigenvalue weighted by atomic mass is 10.1. The number of rotatable bonds is 2. The SMILES string of the molecule is C=Cc1cc(Cl)cc(CN)c1. The van der Waals surface area contributed by atoms with E-state index in [2.05, 4.69) is 6.58 Å². The lowest BCUT2D eigenvalue weighted by Gasteiger charge is -1.99. The first kappa shape index (κ1) is 8.31. The van der Waals surface area contributed by atoms with Crippen molar-refractivity contribution < 1.29 is 0 Å². The molecule has 11 heavy (non-hydrogen) atoms. The molecular formula is C9H10ClN. The van der Waals surface area contributed by atoms with E-state index in [4.69, 9.17) is 17.3 Å². The van der Waals surface area contributed by atoms with Gasteiger partial charge in [0.15, 0.2) is 0 Å². The molecule has 0 heterocycles. The van der Waals surface area contributed by atoms with E-state index in [0.717, 1.165) is 11.1 Å². The molecule has 1 aromatic carbocycles. The van der Waals surface area contributed by atoms with Gasteiger partial charge in [-0.2, -0.15) is 0 Å². The van der Waals surface area contributed by atoms with Crippen molar-refractivity contribution in [1.29, 1.82) is 0 Å². The molecule has 1 rings (SSSR count). The van der Waals surface area contributed by atoms with Crippen LogP contribution in [-0.4, -0.2) is 0 Å². The summed E-state index contributed by atoms with van der Waals surface area (Å²) < 4.78 is 0. The van der Waals surface area contributed by atoms with Crippen LogP contribution in [0.15, 0.2) is 24.8 Å². The molecule has 2 N–H and O–H groups in total. The van der Waals surface area contributed by atoms with Crippen molar-refractivity contribution >= 4 is 17.7 Å². The Morgan fingerprint density at radius 3 is 2.73 bits per heavy atom. The average Bonchev–Trinajstić information content (AvgIpc) is 2.03. The van der Waals surface area contributed by atoms with Crippen LogP contribution in [0.25, 0.3) is 6.08 Å². The van der Waals surface area contributed by atoms with Crippen LogP contribution in [0, 0.1) is 0 Å². The van der Waals surface area contributed by atoms with Gasteiger partial charge in [0, 0.05) is 11.6 Å². The first-order chi connectivity index (χ1) is 5.26. The van der Waals surface area contributed by atoms with E-state index in [-0.39, 0.29) is 0 Å². The summed E-state index contributed by atoms with van der Waals surface area (Å²) in [6.07, 6.45) is 1.76. The van der Waals surface area contributed by atoms with E-state index in [1.807, 2.05) is 18.2 Å². The number of benzene rings is 1. The summed E-state index contributed by atoms with van der Waals surface area (Å²) in [7, 11) is 0. The Morgan fingerprint density at radius 2 is 2.18 bits per heavy atom. The molecule has 0 aliphatic heterocycles. The van der Waals surface area contributed by atoms with Crippen LogP contribution in [0.3, 0.4) is 0 Å². The van der Waals surface area contributed by atoms with E-state index < -0.39 is 0 Å². The molecule has 0 unspecified atom stereocenters. The van der Waals surface area contributed by atoms with Gasteiger partial charge in [0.25, 0.3) is 0 Å². The zero-order valence-electron chi connectivity index (χ0n) is 6.18. The largest absolute Gasteiger partial charge is 0.326 e. The van der Waals surface area contributed by atoms with E-state index in [9.17, 15) is 0 Å². The molecule has 0 aliphatic carbocycles. The summed E-state index contributed by atoms with van der Waals surface area (Å²) >= 11 is 5.80. The predicted molar refractivity (Wildman–Crippen MR) is 49.4 cm³/mol. The molecular weight excluding hydrogens is 158 g/mol. The van der Waals surface area contributed by atoms with Gasteiger partial charge in [-0.15, -0.1) is 0 Å². The molecule has 0 radical (unpaired) electrons. The molecule has 0 saturated heterocycles. The predicted octanol–water partition coefficient (Wildman–Crippen LogP) is 2.44. The Bertz CT molecular complexity index is 268. The molecule has 0 aromatic heterocycles. The summed E-state index contributed by atoms with van der Waals surface area (Å²) in [6.45, 7) is 4.16. The number of halogens is 1. The minimum Gasteiger partial charge on any atom is -0.326 e. The molecule has 0 amide bonds. The highest BCUT2D eigenvalue weighted by Crippen LogP contribution is 2.15. The first-order valence-electron chi connectivity index (χ1n) is 3.38. The van der Waals surface area contributed by atoms with Gasteiger partial charge in [0.2, 0.25) is 0 Å². The maximum atomic E-state index is 5.80. The molecule has 0 fully saturated rings. The number of hydrogen-bond donors (Lipinski definition) is 1. The third-order valence-electron chi connectivity index (χ3n) is 1.45. The van der Waals surface area contributed by atoms with Crippen LogP contribution in [0.1, 0.15) is 11.1 Å². The highest BCUT2D eigenvalue weighted by Gasteiger charge is 1.94. The lowest BCUT2D eigenvalue weighted by molar-refractivity contribution is 1.07. The third-order valence-corrected chi connectivity index (χ3v) is 1.67. The van der Waals surface area contributed by atoms with Crippen molar-refractivity contribution in [2.45, 2.75) is 6.54 Å². The van der Waals surface area contributed by atoms with Crippen LogP contribution < -0.4 is 5.73 Å². The Morgan fingerprint density at radius 1 is 1.45 bits per heavy atom. The van der Waals surface area contributed by atoms with Gasteiger partial charge in [0.05, 0.1) is 0 Å². The van der Waals surface area contributed by atoms with E-state index in [1.165, 1.54) is 0 Å². The van der Waals surface area contributed by atoms with Gasteiger partial charge in [-0.3, -0.25) is 0 Å². The molecule has 0 saturated carbocycles. The quantitative estimate of drug-likeness (QED) is 0.720. The zero-order valence-corrected chi connectivity index (χ0v) is 6.93. The zero-order chi connectivity index (χ0) is 8.27. The topological polar surface area (TPSA) is 26.0 Å². The van der Waals surface area contributed by atoms with Crippen molar-refractivity contribution in [2.24, 2.45) is 5.73 Å². The van der Waals surface area contributed by atoms with Crippen LogP contribution in [0.2, 0.25) is 5.02 Å². The molecule has 58 valence electrons. The number of nitrogens with two attached hydrogens (primary N) is 1. The second kappa shape index (κ2) is 3.56. The highest BCUT2D eigenvalue weighted by molar-refractivity contribution is 6.30. The lowest BCUT2D eigenvalue weighted by Crippen LogP contribution is -1.95. The van der Waals surface area contributed by atoms with Gasteiger partial charge >= 0.3 is 0 Å². The van der Waals surface area contributed by atoms with Crippen LogP contribution in [0.4, 0.5) is 0 Å². The molecule has 0 aliphatic rings. The van der Waals surface area contributed by atoms with Crippen LogP contribution >= 0.6 is 11.6 Å². The first-order valence-corrected chi connectivity index (χ1v) is 3.76. The standard InChI is InChI=1S/C9H10ClN/c1-2-7-3-8(6-11)5-9(10)4-7/h2-5H,1,6,11H2. The fraction of sp³-hybridized carbons (Fsp3) is 0.111. The Balaban J connectivity index is 3.11. The van der Waals surface area contributed by atoms with Crippen LogP contribution in [-0.2, 0) is 6.54 Å². The fourth-order valence-electron chi connectivity index (χ4n) is 0.911. The minimum absolute atomic E-state index is 0.515. The molecule has 0 atom stereocenters. The van der Waals surface area contributed by atoms with Crippen molar-refractivity contribution in [3.63, 3.8) is 0 Å². The Kier molecular flexibility index (Phi) is 2.69. The summed E-state index contributed by atoms with van der Waals surface area (Å²) in [5.41, 5.74) is 7.50. The van der Waals surface area contributed by atoms with Crippen LogP contribution in [0.5, 0.6) is 0 Å². The second-order valence-corrected chi connectivity index (χ2v) is 2.74. The van der Waals surface area contributed by atoms with E-state index in [0.29, 0.717) is 11.6 Å². The summed E-state index contributed by atoms with van der Waals surface area (Å²) in [5.74, 6) is 0. The van der Waals surface area contributed by atoms with Gasteiger partial charge in [-0.25, -0.2) is 0 Å². The minimum atomic E-state index is 0.515. The molecule has 1 nitrogen and oxygen atoms in total. The highest BCUT2D eigenvalue weighted by atomic mass is 35.5. The average molecular weight is 168 g/mol. The van der Waals surface area contributed by atoms with Gasteiger partial charge in [-0.1, -0.05) is 30.3 Å². The second-order valence-electron chi connectivity index (χ2n) is 2.30. The maximum absolute atomic E-state index is 5.80. The smallest absolute Gasteiger partial charge is 0.0415 e. The third kappa shape index (κ3) is 2.07. The Labute approximate surface area is 71.5 Å². The van der Waals surface area contributed by atoms with Gasteiger partial charge in [-0.05, 0) is 23.3 Å². The van der Waals surface area contributed by atoms with Gasteiger partial charge < -0.3 is 5.73 Å². The Hall–Kier alpha value is -0.790. The normalized spacial score (nSPS) is 9.64. The van der Waals surface area contributed by atoms with Gasteiger partial charge in [0.1, 0.15) is 0 Å². The van der Waals surface area contributed by atoms with E-state index >= 15 is 0 Å². The number of hydrogen-bond acceptors (Lipinski definition) is 1. The molecule has 2 heteroatoms. The molecule has 1 aromatic rings. The van der Waals surface area contributed by atoms with Crippen molar-refractivity contribution in [3.05, 3.63) is 40.9 Å². The van der Waals surface area contributed by atoms with Crippen molar-refractivity contribution in [2.75, 3.05) is 0 Å².